The molecule has 3 aromatic rings. The van der Waals surface area contributed by atoms with Crippen LogP contribution in [0.3, 0.4) is 0 Å². The van der Waals surface area contributed by atoms with Gasteiger partial charge in [0.05, 0.1) is 21.3 Å². The van der Waals surface area contributed by atoms with Crippen molar-refractivity contribution in [2.45, 2.75) is 38.0 Å². The van der Waals surface area contributed by atoms with Gasteiger partial charge in [0.15, 0.2) is 11.5 Å². The van der Waals surface area contributed by atoms with E-state index in [1.54, 1.807) is 26.4 Å². The highest BCUT2D eigenvalue weighted by Crippen LogP contribution is 2.48. The van der Waals surface area contributed by atoms with Crippen molar-refractivity contribution in [1.82, 2.24) is 0 Å². The second-order valence-corrected chi connectivity index (χ2v) is 9.25. The first-order valence-corrected chi connectivity index (χ1v) is 10.7. The summed E-state index contributed by atoms with van der Waals surface area (Å²) in [7, 11) is 4.68. The van der Waals surface area contributed by atoms with Crippen LogP contribution in [0.25, 0.3) is 22.3 Å². The Kier molecular flexibility index (Phi) is 6.56. The van der Waals surface area contributed by atoms with E-state index in [4.69, 9.17) is 14.2 Å². The standard InChI is InChI=1S/C26H30O5S/c1-14-8-22(30-6)18(20-11-16(32)12-23(31-7)25(20)28)13-17(14)19-9-15(29-5)10-21(24(19)27)26(2,3)4/h8-13,27-28,32H,1-7H3. The van der Waals surface area contributed by atoms with Crippen LogP contribution in [0, 0.1) is 6.92 Å². The summed E-state index contributed by atoms with van der Waals surface area (Å²) in [4.78, 5) is 0.637. The van der Waals surface area contributed by atoms with Crippen LogP contribution in [0.4, 0.5) is 0 Å². The second-order valence-electron chi connectivity index (χ2n) is 8.73. The summed E-state index contributed by atoms with van der Waals surface area (Å²) >= 11 is 4.45. The number of hydrogen-bond acceptors (Lipinski definition) is 6. The Bertz CT molecular complexity index is 1160. The third-order valence-electron chi connectivity index (χ3n) is 5.53. The molecule has 3 rings (SSSR count). The molecular weight excluding hydrogens is 424 g/mol. The number of hydrogen-bond donors (Lipinski definition) is 3. The number of ether oxygens (including phenoxy) is 3. The van der Waals surface area contributed by atoms with Crippen LogP contribution >= 0.6 is 12.6 Å². The molecule has 0 saturated carbocycles. The largest absolute Gasteiger partial charge is 0.507 e. The monoisotopic (exact) mass is 454 g/mol. The van der Waals surface area contributed by atoms with Crippen molar-refractivity contribution in [1.29, 1.82) is 0 Å². The molecule has 0 spiro atoms. The molecule has 170 valence electrons. The van der Waals surface area contributed by atoms with Crippen LogP contribution in [0.2, 0.25) is 0 Å². The molecule has 0 aliphatic heterocycles. The molecule has 0 aliphatic carbocycles. The summed E-state index contributed by atoms with van der Waals surface area (Å²) in [5.41, 5.74) is 4.01. The Labute approximate surface area is 195 Å². The van der Waals surface area contributed by atoms with Gasteiger partial charge in [0.2, 0.25) is 0 Å². The van der Waals surface area contributed by atoms with Crippen LogP contribution in [0.15, 0.2) is 41.3 Å². The summed E-state index contributed by atoms with van der Waals surface area (Å²) in [6, 6.07) is 10.9. The van der Waals surface area contributed by atoms with E-state index in [1.807, 2.05) is 52.0 Å². The highest BCUT2D eigenvalue weighted by atomic mass is 32.1. The Morgan fingerprint density at radius 1 is 0.688 bits per heavy atom. The van der Waals surface area contributed by atoms with Gasteiger partial charge in [0.25, 0.3) is 0 Å². The molecule has 0 aliphatic rings. The van der Waals surface area contributed by atoms with Gasteiger partial charge >= 0.3 is 0 Å². The SMILES string of the molecule is COc1cc(-c2cc(-c3cc(S)cc(OC)c3O)c(OC)cc2C)c(O)c(C(C)(C)C)c1. The van der Waals surface area contributed by atoms with Gasteiger partial charge < -0.3 is 24.4 Å². The first-order valence-electron chi connectivity index (χ1n) is 10.2. The average molecular weight is 455 g/mol. The summed E-state index contributed by atoms with van der Waals surface area (Å²) in [5.74, 6) is 1.74. The zero-order valence-corrected chi connectivity index (χ0v) is 20.4. The van der Waals surface area contributed by atoms with E-state index in [1.165, 1.54) is 7.11 Å². The average Bonchev–Trinajstić information content (AvgIpc) is 2.74. The number of thiol groups is 1. The van der Waals surface area contributed by atoms with Crippen LogP contribution in [-0.4, -0.2) is 31.5 Å². The van der Waals surface area contributed by atoms with Crippen LogP contribution in [-0.2, 0) is 5.41 Å². The van der Waals surface area contributed by atoms with Gasteiger partial charge in [0.1, 0.15) is 17.2 Å². The topological polar surface area (TPSA) is 68.2 Å². The Morgan fingerprint density at radius 3 is 1.88 bits per heavy atom. The Hall–Kier alpha value is -2.99. The maximum Gasteiger partial charge on any atom is 0.165 e. The highest BCUT2D eigenvalue weighted by Gasteiger charge is 2.24. The molecule has 0 heterocycles. The van der Waals surface area contributed by atoms with Crippen molar-refractivity contribution >= 4 is 12.6 Å². The van der Waals surface area contributed by atoms with Gasteiger partial charge in [-0.15, -0.1) is 12.6 Å². The lowest BCUT2D eigenvalue weighted by atomic mass is 9.83. The van der Waals surface area contributed by atoms with Gasteiger partial charge in [-0.1, -0.05) is 20.8 Å². The van der Waals surface area contributed by atoms with Gasteiger partial charge in [0, 0.05) is 27.1 Å². The number of phenolic OH excluding ortho intramolecular Hbond substituents is 2. The molecule has 0 radical (unpaired) electrons. The molecule has 6 heteroatoms. The quantitative estimate of drug-likeness (QED) is 0.392. The maximum absolute atomic E-state index is 11.2. The molecule has 0 amide bonds. The molecular formula is C26H30O5S. The van der Waals surface area contributed by atoms with Crippen molar-refractivity contribution in [2.24, 2.45) is 0 Å². The van der Waals surface area contributed by atoms with E-state index >= 15 is 0 Å². The van der Waals surface area contributed by atoms with Gasteiger partial charge in [-0.25, -0.2) is 0 Å². The van der Waals surface area contributed by atoms with Crippen LogP contribution in [0.5, 0.6) is 28.7 Å². The van der Waals surface area contributed by atoms with E-state index in [0.29, 0.717) is 38.8 Å². The number of aryl methyl sites for hydroxylation is 1. The third-order valence-corrected chi connectivity index (χ3v) is 5.79. The predicted octanol–water partition coefficient (Wildman–Crippen LogP) is 6.35. The second kappa shape index (κ2) is 8.87. The van der Waals surface area contributed by atoms with Gasteiger partial charge in [-0.3, -0.25) is 0 Å². The van der Waals surface area contributed by atoms with Crippen molar-refractivity contribution in [3.8, 4) is 51.0 Å². The molecule has 0 bridgehead atoms. The number of methoxy groups -OCH3 is 3. The van der Waals surface area contributed by atoms with Gasteiger partial charge in [-0.2, -0.15) is 0 Å². The van der Waals surface area contributed by atoms with E-state index < -0.39 is 0 Å². The lowest BCUT2D eigenvalue weighted by molar-refractivity contribution is 0.373. The molecule has 0 aromatic heterocycles. The molecule has 0 saturated heterocycles. The fourth-order valence-corrected chi connectivity index (χ4v) is 4.05. The van der Waals surface area contributed by atoms with Crippen molar-refractivity contribution in [2.75, 3.05) is 21.3 Å². The van der Waals surface area contributed by atoms with Crippen molar-refractivity contribution < 1.29 is 24.4 Å². The normalized spacial score (nSPS) is 11.4. The van der Waals surface area contributed by atoms with E-state index in [-0.39, 0.29) is 16.9 Å². The molecule has 5 nitrogen and oxygen atoms in total. The maximum atomic E-state index is 11.2. The van der Waals surface area contributed by atoms with Crippen LogP contribution < -0.4 is 14.2 Å². The third kappa shape index (κ3) is 4.32. The summed E-state index contributed by atoms with van der Waals surface area (Å²) in [6.45, 7) is 8.08. The highest BCUT2D eigenvalue weighted by molar-refractivity contribution is 7.80. The number of phenols is 2. The van der Waals surface area contributed by atoms with E-state index in [9.17, 15) is 10.2 Å². The molecule has 0 unspecified atom stereocenters. The number of aromatic hydroxyl groups is 2. The molecule has 0 fully saturated rings. The Balaban J connectivity index is 2.36. The fourth-order valence-electron chi connectivity index (χ4n) is 3.81. The van der Waals surface area contributed by atoms with E-state index in [2.05, 4.69) is 12.6 Å². The summed E-state index contributed by atoms with van der Waals surface area (Å²) in [5, 5.41) is 22.0. The molecule has 0 atom stereocenters. The first kappa shape index (κ1) is 23.7. The smallest absolute Gasteiger partial charge is 0.165 e. The van der Waals surface area contributed by atoms with Crippen LogP contribution in [0.1, 0.15) is 31.9 Å². The summed E-state index contributed by atoms with van der Waals surface area (Å²) < 4.78 is 16.5. The van der Waals surface area contributed by atoms with Crippen molar-refractivity contribution in [3.05, 3.63) is 47.5 Å². The van der Waals surface area contributed by atoms with E-state index in [0.717, 1.165) is 16.7 Å². The minimum atomic E-state index is -0.289. The minimum Gasteiger partial charge on any atom is -0.507 e. The number of rotatable bonds is 5. The molecule has 32 heavy (non-hydrogen) atoms. The predicted molar refractivity (Wildman–Crippen MR) is 131 cm³/mol. The Morgan fingerprint density at radius 2 is 1.31 bits per heavy atom. The zero-order chi connectivity index (χ0) is 23.8. The lowest BCUT2D eigenvalue weighted by Gasteiger charge is -2.24. The molecule has 3 aromatic carbocycles. The minimum absolute atomic E-state index is 0.0105. The lowest BCUT2D eigenvalue weighted by Crippen LogP contribution is -2.12. The van der Waals surface area contributed by atoms with Crippen molar-refractivity contribution in [3.63, 3.8) is 0 Å². The summed E-state index contributed by atoms with van der Waals surface area (Å²) in [6.07, 6.45) is 0. The molecule has 2 N–H and O–H groups in total. The number of benzene rings is 3. The van der Waals surface area contributed by atoms with Gasteiger partial charge in [-0.05, 0) is 59.9 Å². The fraction of sp³-hybridized carbons (Fsp3) is 0.308. The zero-order valence-electron chi connectivity index (χ0n) is 19.5. The first-order chi connectivity index (χ1) is 15.0.